The van der Waals surface area contributed by atoms with Crippen LogP contribution < -0.4 is 5.32 Å². The fourth-order valence-corrected chi connectivity index (χ4v) is 1.66. The highest BCUT2D eigenvalue weighted by atomic mass is 16.2. The fraction of sp³-hybridized carbons (Fsp3) is 0.500. The minimum absolute atomic E-state index is 0.108. The van der Waals surface area contributed by atoms with Crippen LogP contribution in [0.15, 0.2) is 30.3 Å². The maximum absolute atomic E-state index is 11.6. The van der Waals surface area contributed by atoms with Gasteiger partial charge in [-0.05, 0) is 19.0 Å². The Balaban J connectivity index is 2.25. The van der Waals surface area contributed by atoms with Gasteiger partial charge >= 0.3 is 0 Å². The monoisotopic (exact) mass is 234 g/mol. The molecule has 0 atom stereocenters. The summed E-state index contributed by atoms with van der Waals surface area (Å²) < 4.78 is 0. The number of rotatable bonds is 7. The van der Waals surface area contributed by atoms with E-state index in [1.165, 1.54) is 5.56 Å². The topological polar surface area (TPSA) is 32.3 Å². The number of carbonyl (C=O) groups is 1. The van der Waals surface area contributed by atoms with Crippen LogP contribution in [-0.4, -0.2) is 30.9 Å². The molecule has 1 amide bonds. The van der Waals surface area contributed by atoms with Gasteiger partial charge < -0.3 is 5.32 Å². The molecule has 0 saturated carbocycles. The van der Waals surface area contributed by atoms with Crippen molar-refractivity contribution in [2.75, 3.05) is 20.1 Å². The van der Waals surface area contributed by atoms with Crippen molar-refractivity contribution in [1.29, 1.82) is 0 Å². The maximum Gasteiger partial charge on any atom is 0.234 e. The van der Waals surface area contributed by atoms with Crippen molar-refractivity contribution in [3.05, 3.63) is 35.9 Å². The normalized spacial score (nSPS) is 10.5. The smallest absolute Gasteiger partial charge is 0.234 e. The minimum Gasteiger partial charge on any atom is -0.355 e. The van der Waals surface area contributed by atoms with Gasteiger partial charge in [-0.3, -0.25) is 9.69 Å². The molecule has 94 valence electrons. The van der Waals surface area contributed by atoms with E-state index in [-0.39, 0.29) is 5.91 Å². The summed E-state index contributed by atoms with van der Waals surface area (Å²) in [4.78, 5) is 13.6. The maximum atomic E-state index is 11.6. The molecule has 0 aliphatic rings. The lowest BCUT2D eigenvalue weighted by Crippen LogP contribution is -2.35. The van der Waals surface area contributed by atoms with Crippen molar-refractivity contribution >= 4 is 5.91 Å². The van der Waals surface area contributed by atoms with Gasteiger partial charge in [-0.1, -0.05) is 43.7 Å². The molecule has 3 nitrogen and oxygen atoms in total. The Labute approximate surface area is 104 Å². The van der Waals surface area contributed by atoms with Gasteiger partial charge in [0.15, 0.2) is 0 Å². The first-order chi connectivity index (χ1) is 8.22. The van der Waals surface area contributed by atoms with E-state index in [2.05, 4.69) is 24.4 Å². The van der Waals surface area contributed by atoms with Crippen LogP contribution in [0.5, 0.6) is 0 Å². The standard InChI is InChI=1S/C14H22N2O/c1-3-4-10-15-14(17)12-16(2)11-13-8-6-5-7-9-13/h5-9H,3-4,10-12H2,1-2H3,(H,15,17). The van der Waals surface area contributed by atoms with Gasteiger partial charge in [-0.15, -0.1) is 0 Å². The number of nitrogens with one attached hydrogen (secondary N) is 1. The van der Waals surface area contributed by atoms with E-state index in [0.29, 0.717) is 6.54 Å². The van der Waals surface area contributed by atoms with Crippen molar-refractivity contribution in [1.82, 2.24) is 10.2 Å². The number of benzene rings is 1. The predicted octanol–water partition coefficient (Wildman–Crippen LogP) is 2.03. The molecule has 1 aromatic rings. The van der Waals surface area contributed by atoms with Crippen molar-refractivity contribution in [2.24, 2.45) is 0 Å². The lowest BCUT2D eigenvalue weighted by Gasteiger charge is -2.16. The molecule has 0 heterocycles. The second kappa shape index (κ2) is 7.85. The fourth-order valence-electron chi connectivity index (χ4n) is 1.66. The zero-order chi connectivity index (χ0) is 12.5. The number of carbonyl (C=O) groups excluding carboxylic acids is 1. The second-order valence-electron chi connectivity index (χ2n) is 4.36. The van der Waals surface area contributed by atoms with E-state index < -0.39 is 0 Å². The van der Waals surface area contributed by atoms with Crippen LogP contribution in [0.2, 0.25) is 0 Å². The third-order valence-electron chi connectivity index (χ3n) is 2.56. The lowest BCUT2D eigenvalue weighted by atomic mass is 10.2. The van der Waals surface area contributed by atoms with Crippen LogP contribution in [0, 0.1) is 0 Å². The predicted molar refractivity (Wildman–Crippen MR) is 70.7 cm³/mol. The molecule has 0 unspecified atom stereocenters. The van der Waals surface area contributed by atoms with Gasteiger partial charge in [0.05, 0.1) is 6.54 Å². The van der Waals surface area contributed by atoms with Gasteiger partial charge in [0, 0.05) is 13.1 Å². The quantitative estimate of drug-likeness (QED) is 0.732. The number of hydrogen-bond donors (Lipinski definition) is 1. The first kappa shape index (κ1) is 13.7. The summed E-state index contributed by atoms with van der Waals surface area (Å²) in [5, 5.41) is 2.92. The molecule has 0 bridgehead atoms. The van der Waals surface area contributed by atoms with Crippen LogP contribution >= 0.6 is 0 Å². The lowest BCUT2D eigenvalue weighted by molar-refractivity contribution is -0.122. The first-order valence-electron chi connectivity index (χ1n) is 6.21. The Morgan fingerprint density at radius 2 is 2.00 bits per heavy atom. The first-order valence-corrected chi connectivity index (χ1v) is 6.21. The Morgan fingerprint density at radius 1 is 1.29 bits per heavy atom. The van der Waals surface area contributed by atoms with Crippen molar-refractivity contribution in [2.45, 2.75) is 26.3 Å². The van der Waals surface area contributed by atoms with Crippen molar-refractivity contribution in [3.63, 3.8) is 0 Å². The second-order valence-corrected chi connectivity index (χ2v) is 4.36. The number of amides is 1. The van der Waals surface area contributed by atoms with Crippen LogP contribution in [0.25, 0.3) is 0 Å². The average Bonchev–Trinajstić information content (AvgIpc) is 2.30. The summed E-state index contributed by atoms with van der Waals surface area (Å²) in [5.74, 6) is 0.108. The van der Waals surface area contributed by atoms with E-state index in [1.807, 2.05) is 30.1 Å². The average molecular weight is 234 g/mol. The summed E-state index contributed by atoms with van der Waals surface area (Å²) in [6.45, 7) is 4.17. The highest BCUT2D eigenvalue weighted by Gasteiger charge is 2.05. The molecule has 1 aromatic carbocycles. The highest BCUT2D eigenvalue weighted by Crippen LogP contribution is 2.01. The molecule has 0 spiro atoms. The molecular formula is C14H22N2O. The van der Waals surface area contributed by atoms with Gasteiger partial charge in [-0.2, -0.15) is 0 Å². The Kier molecular flexibility index (Phi) is 6.33. The van der Waals surface area contributed by atoms with Crippen LogP contribution in [0.3, 0.4) is 0 Å². The number of unbranched alkanes of at least 4 members (excludes halogenated alkanes) is 1. The zero-order valence-corrected chi connectivity index (χ0v) is 10.8. The number of likely N-dealkylation sites (N-methyl/N-ethyl adjacent to an activating group) is 1. The van der Waals surface area contributed by atoms with E-state index in [0.717, 1.165) is 25.9 Å². The van der Waals surface area contributed by atoms with E-state index in [4.69, 9.17) is 0 Å². The minimum atomic E-state index is 0.108. The molecule has 1 rings (SSSR count). The molecule has 3 heteroatoms. The zero-order valence-electron chi connectivity index (χ0n) is 10.8. The van der Waals surface area contributed by atoms with Crippen molar-refractivity contribution in [3.8, 4) is 0 Å². The number of nitrogens with zero attached hydrogens (tertiary/aromatic N) is 1. The molecule has 0 aliphatic carbocycles. The molecule has 1 N–H and O–H groups in total. The third kappa shape index (κ3) is 6.07. The van der Waals surface area contributed by atoms with Gasteiger partial charge in [-0.25, -0.2) is 0 Å². The van der Waals surface area contributed by atoms with E-state index in [9.17, 15) is 4.79 Å². The molecule has 0 aliphatic heterocycles. The van der Waals surface area contributed by atoms with E-state index in [1.54, 1.807) is 0 Å². The molecule has 0 aromatic heterocycles. The van der Waals surface area contributed by atoms with Crippen LogP contribution in [-0.2, 0) is 11.3 Å². The molecule has 17 heavy (non-hydrogen) atoms. The van der Waals surface area contributed by atoms with Gasteiger partial charge in [0.1, 0.15) is 0 Å². The summed E-state index contributed by atoms with van der Waals surface area (Å²) in [6, 6.07) is 10.2. The summed E-state index contributed by atoms with van der Waals surface area (Å²) in [7, 11) is 1.96. The molecule has 0 saturated heterocycles. The van der Waals surface area contributed by atoms with Crippen LogP contribution in [0.4, 0.5) is 0 Å². The Hall–Kier alpha value is -1.35. The largest absolute Gasteiger partial charge is 0.355 e. The van der Waals surface area contributed by atoms with Crippen LogP contribution in [0.1, 0.15) is 25.3 Å². The van der Waals surface area contributed by atoms with E-state index >= 15 is 0 Å². The summed E-state index contributed by atoms with van der Waals surface area (Å²) in [6.07, 6.45) is 2.16. The summed E-state index contributed by atoms with van der Waals surface area (Å²) in [5.41, 5.74) is 1.23. The van der Waals surface area contributed by atoms with Gasteiger partial charge in [0.25, 0.3) is 0 Å². The SMILES string of the molecule is CCCCNC(=O)CN(C)Cc1ccccc1. The Morgan fingerprint density at radius 3 is 2.65 bits per heavy atom. The molecule has 0 radical (unpaired) electrons. The Bertz CT molecular complexity index is 324. The van der Waals surface area contributed by atoms with Crippen molar-refractivity contribution < 1.29 is 4.79 Å². The van der Waals surface area contributed by atoms with Gasteiger partial charge in [0.2, 0.25) is 5.91 Å². The third-order valence-corrected chi connectivity index (χ3v) is 2.56. The summed E-state index contributed by atoms with van der Waals surface area (Å²) >= 11 is 0. The molecule has 0 fully saturated rings. The molecular weight excluding hydrogens is 212 g/mol. The number of hydrogen-bond acceptors (Lipinski definition) is 2. The highest BCUT2D eigenvalue weighted by molar-refractivity contribution is 5.77.